The van der Waals surface area contributed by atoms with E-state index < -0.39 is 0 Å². The maximum atomic E-state index is 13.4. The predicted octanol–water partition coefficient (Wildman–Crippen LogP) is 3.19. The van der Waals surface area contributed by atoms with Gasteiger partial charge in [-0.25, -0.2) is 9.37 Å². The predicted molar refractivity (Wildman–Crippen MR) is 77.3 cm³/mol. The zero-order valence-electron chi connectivity index (χ0n) is 11.8. The lowest BCUT2D eigenvalue weighted by Gasteiger charge is -2.21. The van der Waals surface area contributed by atoms with Crippen LogP contribution in [0.3, 0.4) is 0 Å². The summed E-state index contributed by atoms with van der Waals surface area (Å²) >= 11 is 0. The highest BCUT2D eigenvalue weighted by Crippen LogP contribution is 2.40. The first-order valence-corrected chi connectivity index (χ1v) is 7.68. The minimum absolute atomic E-state index is 0.198. The van der Waals surface area contributed by atoms with Crippen molar-refractivity contribution in [1.29, 1.82) is 0 Å². The van der Waals surface area contributed by atoms with Gasteiger partial charge in [0.2, 0.25) is 0 Å². The SMILES string of the molecule is CCCn1c(C2CC3CCC2N3)nc2cc(F)ccc21. The van der Waals surface area contributed by atoms with Crippen molar-refractivity contribution in [3.05, 3.63) is 29.8 Å². The molecule has 1 aromatic carbocycles. The highest BCUT2D eigenvalue weighted by Gasteiger charge is 2.42. The lowest BCUT2D eigenvalue weighted by molar-refractivity contribution is 0.467. The Kier molecular flexibility index (Phi) is 2.81. The number of hydrogen-bond donors (Lipinski definition) is 1. The maximum absolute atomic E-state index is 13.4. The average molecular weight is 273 g/mol. The zero-order valence-corrected chi connectivity index (χ0v) is 11.8. The summed E-state index contributed by atoms with van der Waals surface area (Å²) in [6.07, 6.45) is 4.80. The second-order valence-electron chi connectivity index (χ2n) is 6.14. The second kappa shape index (κ2) is 4.55. The Labute approximate surface area is 118 Å². The molecular formula is C16H20FN3. The van der Waals surface area contributed by atoms with Crippen molar-refractivity contribution < 1.29 is 4.39 Å². The average Bonchev–Trinajstić information content (AvgIpc) is 3.12. The molecule has 2 aliphatic rings. The number of aryl methyl sites for hydroxylation is 1. The van der Waals surface area contributed by atoms with Crippen LogP contribution in [0.15, 0.2) is 18.2 Å². The number of benzene rings is 1. The van der Waals surface area contributed by atoms with Gasteiger partial charge >= 0.3 is 0 Å². The van der Waals surface area contributed by atoms with Crippen LogP contribution in [0, 0.1) is 5.82 Å². The van der Waals surface area contributed by atoms with E-state index in [0.717, 1.165) is 29.8 Å². The summed E-state index contributed by atoms with van der Waals surface area (Å²) in [5.74, 6) is 1.46. The number of imidazole rings is 1. The third-order valence-corrected chi connectivity index (χ3v) is 4.82. The Morgan fingerprint density at radius 3 is 3.00 bits per heavy atom. The number of halogens is 1. The summed E-state index contributed by atoms with van der Waals surface area (Å²) < 4.78 is 15.7. The molecule has 2 aromatic rings. The van der Waals surface area contributed by atoms with Crippen molar-refractivity contribution >= 4 is 11.0 Å². The fourth-order valence-corrected chi connectivity index (χ4v) is 3.97. The molecule has 20 heavy (non-hydrogen) atoms. The van der Waals surface area contributed by atoms with Crippen LogP contribution >= 0.6 is 0 Å². The van der Waals surface area contributed by atoms with E-state index >= 15 is 0 Å². The Morgan fingerprint density at radius 1 is 1.40 bits per heavy atom. The van der Waals surface area contributed by atoms with Crippen molar-refractivity contribution in [1.82, 2.24) is 14.9 Å². The summed E-state index contributed by atoms with van der Waals surface area (Å²) in [5, 5.41) is 3.67. The van der Waals surface area contributed by atoms with Gasteiger partial charge in [-0.2, -0.15) is 0 Å². The standard InChI is InChI=1S/C16H20FN3/c1-2-7-20-15-6-3-10(17)8-14(15)19-16(20)12-9-11-4-5-13(12)18-11/h3,6,8,11-13,18H,2,4-5,7,9H2,1H3. The van der Waals surface area contributed by atoms with Gasteiger partial charge in [0.1, 0.15) is 11.6 Å². The molecule has 3 nitrogen and oxygen atoms in total. The van der Waals surface area contributed by atoms with E-state index in [1.165, 1.54) is 19.3 Å². The van der Waals surface area contributed by atoms with Crippen LogP contribution in [0.4, 0.5) is 4.39 Å². The maximum Gasteiger partial charge on any atom is 0.125 e. The molecule has 2 bridgehead atoms. The van der Waals surface area contributed by atoms with Gasteiger partial charge in [0.05, 0.1) is 11.0 Å². The number of nitrogens with one attached hydrogen (secondary N) is 1. The van der Waals surface area contributed by atoms with Crippen molar-refractivity contribution in [3.8, 4) is 0 Å². The molecule has 2 saturated heterocycles. The second-order valence-corrected chi connectivity index (χ2v) is 6.14. The van der Waals surface area contributed by atoms with Crippen molar-refractivity contribution in [2.75, 3.05) is 0 Å². The highest BCUT2D eigenvalue weighted by atomic mass is 19.1. The Balaban J connectivity index is 1.83. The molecule has 3 atom stereocenters. The molecule has 0 aliphatic carbocycles. The molecule has 2 aliphatic heterocycles. The number of fused-ring (bicyclic) bond motifs is 3. The van der Waals surface area contributed by atoms with Crippen molar-refractivity contribution in [2.24, 2.45) is 0 Å². The highest BCUT2D eigenvalue weighted by molar-refractivity contribution is 5.76. The molecule has 0 spiro atoms. The van der Waals surface area contributed by atoms with Crippen LogP contribution in [-0.4, -0.2) is 21.6 Å². The van der Waals surface area contributed by atoms with E-state index in [4.69, 9.17) is 4.98 Å². The van der Waals surface area contributed by atoms with Crippen LogP contribution in [0.1, 0.15) is 44.3 Å². The quantitative estimate of drug-likeness (QED) is 0.930. The normalized spacial score (nSPS) is 28.6. The molecule has 3 unspecified atom stereocenters. The summed E-state index contributed by atoms with van der Waals surface area (Å²) in [6, 6.07) is 6.20. The van der Waals surface area contributed by atoms with Gasteiger partial charge < -0.3 is 9.88 Å². The Bertz CT molecular complexity index is 648. The van der Waals surface area contributed by atoms with Crippen LogP contribution in [0.25, 0.3) is 11.0 Å². The van der Waals surface area contributed by atoms with E-state index in [1.54, 1.807) is 12.1 Å². The third kappa shape index (κ3) is 1.78. The summed E-state index contributed by atoms with van der Waals surface area (Å²) in [4.78, 5) is 4.78. The lowest BCUT2D eigenvalue weighted by atomic mass is 9.88. The molecule has 1 aromatic heterocycles. The first-order chi connectivity index (χ1) is 9.76. The molecule has 3 heterocycles. The number of nitrogens with zero attached hydrogens (tertiary/aromatic N) is 2. The van der Waals surface area contributed by atoms with Crippen LogP contribution in [0.2, 0.25) is 0 Å². The molecule has 0 amide bonds. The molecule has 0 radical (unpaired) electrons. The van der Waals surface area contributed by atoms with Crippen LogP contribution in [-0.2, 0) is 6.54 Å². The smallest absolute Gasteiger partial charge is 0.125 e. The molecule has 2 fully saturated rings. The lowest BCUT2D eigenvalue weighted by Crippen LogP contribution is -2.23. The van der Waals surface area contributed by atoms with Gasteiger partial charge in [0.25, 0.3) is 0 Å². The van der Waals surface area contributed by atoms with Gasteiger partial charge in [0.15, 0.2) is 0 Å². The van der Waals surface area contributed by atoms with E-state index in [2.05, 4.69) is 16.8 Å². The first-order valence-electron chi connectivity index (χ1n) is 7.68. The summed E-state index contributed by atoms with van der Waals surface area (Å²) in [6.45, 7) is 3.14. The molecule has 106 valence electrons. The fourth-order valence-electron chi connectivity index (χ4n) is 3.97. The summed E-state index contributed by atoms with van der Waals surface area (Å²) in [5.41, 5.74) is 1.88. The van der Waals surface area contributed by atoms with Crippen molar-refractivity contribution in [2.45, 2.75) is 57.2 Å². The van der Waals surface area contributed by atoms with Gasteiger partial charge in [0, 0.05) is 30.6 Å². The number of rotatable bonds is 3. The molecular weight excluding hydrogens is 253 g/mol. The molecule has 1 N–H and O–H groups in total. The topological polar surface area (TPSA) is 29.9 Å². The van der Waals surface area contributed by atoms with Gasteiger partial charge in [-0.3, -0.25) is 0 Å². The van der Waals surface area contributed by atoms with Crippen LogP contribution < -0.4 is 5.32 Å². The zero-order chi connectivity index (χ0) is 13.7. The monoisotopic (exact) mass is 273 g/mol. The van der Waals surface area contributed by atoms with E-state index in [0.29, 0.717) is 18.0 Å². The largest absolute Gasteiger partial charge is 0.328 e. The van der Waals surface area contributed by atoms with Gasteiger partial charge in [-0.15, -0.1) is 0 Å². The van der Waals surface area contributed by atoms with Crippen LogP contribution in [0.5, 0.6) is 0 Å². The number of aromatic nitrogens is 2. The number of hydrogen-bond acceptors (Lipinski definition) is 2. The third-order valence-electron chi connectivity index (χ3n) is 4.82. The molecule has 4 rings (SSSR count). The minimum atomic E-state index is -0.198. The molecule has 0 saturated carbocycles. The Hall–Kier alpha value is -1.42. The fraction of sp³-hybridized carbons (Fsp3) is 0.562. The van der Waals surface area contributed by atoms with Gasteiger partial charge in [-0.1, -0.05) is 6.92 Å². The van der Waals surface area contributed by atoms with E-state index in [1.807, 2.05) is 6.07 Å². The van der Waals surface area contributed by atoms with Crippen molar-refractivity contribution in [3.63, 3.8) is 0 Å². The molecule has 4 heteroatoms. The summed E-state index contributed by atoms with van der Waals surface area (Å²) in [7, 11) is 0. The first kappa shape index (κ1) is 12.3. The van der Waals surface area contributed by atoms with E-state index in [9.17, 15) is 4.39 Å². The van der Waals surface area contributed by atoms with E-state index in [-0.39, 0.29) is 5.82 Å². The Morgan fingerprint density at radius 2 is 2.30 bits per heavy atom. The van der Waals surface area contributed by atoms with Gasteiger partial charge in [-0.05, 0) is 37.8 Å². The minimum Gasteiger partial charge on any atom is -0.328 e.